The summed E-state index contributed by atoms with van der Waals surface area (Å²) in [6.45, 7) is 0. The summed E-state index contributed by atoms with van der Waals surface area (Å²) in [5.41, 5.74) is -0.144. The molecule has 1 fully saturated rings. The number of benzene rings is 1. The fourth-order valence-electron chi connectivity index (χ4n) is 1.23. The van der Waals surface area contributed by atoms with Crippen LogP contribution in [0, 0.1) is 17.6 Å². The maximum Gasteiger partial charge on any atom is 0.227 e. The van der Waals surface area contributed by atoms with Crippen molar-refractivity contribution in [3.8, 4) is 0 Å². The van der Waals surface area contributed by atoms with Crippen molar-refractivity contribution >= 4 is 23.2 Å². The Bertz CT molecular complexity index is 395. The summed E-state index contributed by atoms with van der Waals surface area (Å²) in [6.07, 6.45) is 1.62. The molecule has 0 unspecified atom stereocenters. The number of carbonyl (C=O) groups is 1. The average Bonchev–Trinajstić information content (AvgIpc) is 2.93. The summed E-state index contributed by atoms with van der Waals surface area (Å²) >= 11 is 5.61. The highest BCUT2D eigenvalue weighted by Crippen LogP contribution is 2.32. The maximum absolute atomic E-state index is 13.2. The fraction of sp³-hybridized carbons (Fsp3) is 0.300. The first kappa shape index (κ1) is 10.4. The van der Waals surface area contributed by atoms with Gasteiger partial charge in [-0.25, -0.2) is 8.78 Å². The minimum atomic E-state index is -0.853. The van der Waals surface area contributed by atoms with Gasteiger partial charge in [-0.15, -0.1) is 0 Å². The Morgan fingerprint density at radius 3 is 2.60 bits per heavy atom. The highest BCUT2D eigenvalue weighted by atomic mass is 35.5. The predicted molar refractivity (Wildman–Crippen MR) is 52.7 cm³/mol. The molecule has 1 aliphatic rings. The van der Waals surface area contributed by atoms with Gasteiger partial charge in [0, 0.05) is 12.0 Å². The summed E-state index contributed by atoms with van der Waals surface area (Å²) in [4.78, 5) is 11.3. The van der Waals surface area contributed by atoms with Crippen LogP contribution in [0.15, 0.2) is 12.1 Å². The van der Waals surface area contributed by atoms with Crippen molar-refractivity contribution < 1.29 is 13.6 Å². The number of hydrogen-bond acceptors (Lipinski definition) is 1. The van der Waals surface area contributed by atoms with E-state index in [1.165, 1.54) is 0 Å². The molecule has 1 amide bonds. The van der Waals surface area contributed by atoms with Crippen LogP contribution in [0.2, 0.25) is 5.02 Å². The third-order valence-corrected chi connectivity index (χ3v) is 2.50. The van der Waals surface area contributed by atoms with Gasteiger partial charge in [0.15, 0.2) is 5.82 Å². The molecular formula is C10H8ClF2NO. The van der Waals surface area contributed by atoms with E-state index in [9.17, 15) is 13.6 Å². The first-order valence-electron chi connectivity index (χ1n) is 4.53. The van der Waals surface area contributed by atoms with Crippen LogP contribution in [0.3, 0.4) is 0 Å². The third kappa shape index (κ3) is 2.26. The number of carbonyl (C=O) groups excluding carboxylic acids is 1. The maximum atomic E-state index is 13.2. The SMILES string of the molecule is O=C(Nc1c(F)cc(F)cc1Cl)C1CC1. The zero-order valence-electron chi connectivity index (χ0n) is 7.69. The van der Waals surface area contributed by atoms with Gasteiger partial charge in [-0.05, 0) is 18.9 Å². The number of halogens is 3. The highest BCUT2D eigenvalue weighted by Gasteiger charge is 2.30. The number of nitrogens with one attached hydrogen (secondary N) is 1. The van der Waals surface area contributed by atoms with Crippen LogP contribution in [0.4, 0.5) is 14.5 Å². The molecule has 1 aromatic carbocycles. The number of rotatable bonds is 2. The van der Waals surface area contributed by atoms with Gasteiger partial charge in [0.2, 0.25) is 5.91 Å². The van der Waals surface area contributed by atoms with Gasteiger partial charge in [0.25, 0.3) is 0 Å². The molecule has 2 nitrogen and oxygen atoms in total. The van der Waals surface area contributed by atoms with Crippen molar-refractivity contribution in [3.63, 3.8) is 0 Å². The fourth-order valence-corrected chi connectivity index (χ4v) is 1.47. The van der Waals surface area contributed by atoms with Crippen molar-refractivity contribution in [2.24, 2.45) is 5.92 Å². The van der Waals surface area contributed by atoms with Gasteiger partial charge in [-0.3, -0.25) is 4.79 Å². The Hall–Kier alpha value is -1.16. The monoisotopic (exact) mass is 231 g/mol. The Balaban J connectivity index is 2.23. The van der Waals surface area contributed by atoms with Gasteiger partial charge >= 0.3 is 0 Å². The molecule has 0 atom stereocenters. The normalized spacial score (nSPS) is 15.1. The van der Waals surface area contributed by atoms with Crippen LogP contribution < -0.4 is 5.32 Å². The lowest BCUT2D eigenvalue weighted by Crippen LogP contribution is -2.14. The molecule has 0 saturated heterocycles. The first-order chi connectivity index (χ1) is 7.08. The molecule has 15 heavy (non-hydrogen) atoms. The highest BCUT2D eigenvalue weighted by molar-refractivity contribution is 6.33. The predicted octanol–water partition coefficient (Wildman–Crippen LogP) is 2.97. The van der Waals surface area contributed by atoms with Gasteiger partial charge in [0.05, 0.1) is 10.7 Å². The number of amides is 1. The molecule has 1 aliphatic carbocycles. The Labute approximate surface area is 90.2 Å². The summed E-state index contributed by atoms with van der Waals surface area (Å²) in [6, 6.07) is 1.65. The topological polar surface area (TPSA) is 29.1 Å². The molecule has 0 radical (unpaired) electrons. The largest absolute Gasteiger partial charge is 0.322 e. The summed E-state index contributed by atoms with van der Waals surface area (Å²) in [5.74, 6) is -1.93. The van der Waals surface area contributed by atoms with E-state index in [1.54, 1.807) is 0 Å². The van der Waals surface area contributed by atoms with E-state index < -0.39 is 11.6 Å². The summed E-state index contributed by atoms with van der Waals surface area (Å²) in [7, 11) is 0. The molecule has 0 aromatic heterocycles. The van der Waals surface area contributed by atoms with Crippen LogP contribution >= 0.6 is 11.6 Å². The van der Waals surface area contributed by atoms with E-state index in [0.717, 1.165) is 18.9 Å². The standard InChI is InChI=1S/C10H8ClF2NO/c11-7-3-6(12)4-8(13)9(7)14-10(15)5-1-2-5/h3-5H,1-2H2,(H,14,15). The minimum absolute atomic E-state index is 0.0504. The van der Waals surface area contributed by atoms with E-state index in [2.05, 4.69) is 5.32 Å². The Kier molecular flexibility index (Phi) is 2.61. The van der Waals surface area contributed by atoms with Crippen LogP contribution in [0.5, 0.6) is 0 Å². The molecule has 2 rings (SSSR count). The Morgan fingerprint density at radius 2 is 2.07 bits per heavy atom. The van der Waals surface area contributed by atoms with Gasteiger partial charge in [0.1, 0.15) is 5.82 Å². The number of anilines is 1. The van der Waals surface area contributed by atoms with Crippen LogP contribution in [-0.2, 0) is 4.79 Å². The quantitative estimate of drug-likeness (QED) is 0.833. The van der Waals surface area contributed by atoms with Gasteiger partial charge < -0.3 is 5.32 Å². The van der Waals surface area contributed by atoms with Crippen LogP contribution in [-0.4, -0.2) is 5.91 Å². The molecule has 1 N–H and O–H groups in total. The Morgan fingerprint density at radius 1 is 1.40 bits per heavy atom. The third-order valence-electron chi connectivity index (χ3n) is 2.20. The molecule has 5 heteroatoms. The lowest BCUT2D eigenvalue weighted by atomic mass is 10.2. The zero-order chi connectivity index (χ0) is 11.0. The smallest absolute Gasteiger partial charge is 0.227 e. The molecule has 0 heterocycles. The molecule has 1 saturated carbocycles. The molecule has 1 aromatic rings. The number of hydrogen-bond donors (Lipinski definition) is 1. The molecule has 0 bridgehead atoms. The lowest BCUT2D eigenvalue weighted by Gasteiger charge is -2.07. The van der Waals surface area contributed by atoms with Crippen LogP contribution in [0.25, 0.3) is 0 Å². The molecule has 0 spiro atoms. The molecule has 80 valence electrons. The van der Waals surface area contributed by atoms with E-state index in [4.69, 9.17) is 11.6 Å². The van der Waals surface area contributed by atoms with Gasteiger partial charge in [-0.2, -0.15) is 0 Å². The summed E-state index contributed by atoms with van der Waals surface area (Å²) in [5, 5.41) is 2.23. The van der Waals surface area contributed by atoms with Crippen LogP contribution in [0.1, 0.15) is 12.8 Å². The second-order valence-corrected chi connectivity index (χ2v) is 3.92. The second-order valence-electron chi connectivity index (χ2n) is 3.51. The van der Waals surface area contributed by atoms with E-state index >= 15 is 0 Å². The zero-order valence-corrected chi connectivity index (χ0v) is 8.44. The average molecular weight is 232 g/mol. The van der Waals surface area contributed by atoms with Crippen molar-refractivity contribution in [1.82, 2.24) is 0 Å². The second kappa shape index (κ2) is 3.77. The summed E-state index contributed by atoms with van der Waals surface area (Å²) < 4.78 is 25.9. The van der Waals surface area contributed by atoms with Crippen molar-refractivity contribution in [3.05, 3.63) is 28.8 Å². The van der Waals surface area contributed by atoms with Crippen molar-refractivity contribution in [1.29, 1.82) is 0 Å². The molecular weight excluding hydrogens is 224 g/mol. The van der Waals surface area contributed by atoms with E-state index in [0.29, 0.717) is 6.07 Å². The van der Waals surface area contributed by atoms with Gasteiger partial charge in [-0.1, -0.05) is 11.6 Å². The van der Waals surface area contributed by atoms with Crippen molar-refractivity contribution in [2.45, 2.75) is 12.8 Å². The first-order valence-corrected chi connectivity index (χ1v) is 4.91. The molecule has 0 aliphatic heterocycles. The lowest BCUT2D eigenvalue weighted by molar-refractivity contribution is -0.117. The minimum Gasteiger partial charge on any atom is -0.322 e. The van der Waals surface area contributed by atoms with E-state index in [-0.39, 0.29) is 22.5 Å². The van der Waals surface area contributed by atoms with Crippen molar-refractivity contribution in [2.75, 3.05) is 5.32 Å². The van der Waals surface area contributed by atoms with E-state index in [1.807, 2.05) is 0 Å².